The Morgan fingerprint density at radius 1 is 1.44 bits per heavy atom. The summed E-state index contributed by atoms with van der Waals surface area (Å²) in [5.74, 6) is -0.00574. The van der Waals surface area contributed by atoms with Gasteiger partial charge in [-0.05, 0) is 33.1 Å². The zero-order valence-corrected chi connectivity index (χ0v) is 12.0. The van der Waals surface area contributed by atoms with E-state index < -0.39 is 6.10 Å². The minimum atomic E-state index is -0.415. The van der Waals surface area contributed by atoms with E-state index >= 15 is 0 Å². The van der Waals surface area contributed by atoms with Crippen molar-refractivity contribution in [3.05, 3.63) is 0 Å². The molecule has 1 saturated carbocycles. The van der Waals surface area contributed by atoms with Crippen LogP contribution in [-0.4, -0.2) is 30.2 Å². The third-order valence-corrected chi connectivity index (χ3v) is 3.79. The third-order valence-electron chi connectivity index (χ3n) is 3.79. The van der Waals surface area contributed by atoms with Gasteiger partial charge in [-0.15, -0.1) is 0 Å². The SMILES string of the molecule is CCC(C)(N)COC(C)C(=O)NC1CCCCC1. The Balaban J connectivity index is 2.27. The molecule has 4 heteroatoms. The molecule has 1 aliphatic rings. The molecule has 106 valence electrons. The molecule has 4 nitrogen and oxygen atoms in total. The van der Waals surface area contributed by atoms with Gasteiger partial charge in [-0.1, -0.05) is 26.2 Å². The van der Waals surface area contributed by atoms with Crippen molar-refractivity contribution >= 4 is 5.91 Å². The number of nitrogens with two attached hydrogens (primary N) is 1. The van der Waals surface area contributed by atoms with Crippen LogP contribution in [0.4, 0.5) is 0 Å². The van der Waals surface area contributed by atoms with E-state index in [-0.39, 0.29) is 11.4 Å². The number of ether oxygens (including phenoxy) is 1. The molecular formula is C14H28N2O2. The second-order valence-corrected chi connectivity index (χ2v) is 5.80. The number of hydrogen-bond acceptors (Lipinski definition) is 3. The Kier molecular flexibility index (Phi) is 6.09. The third kappa shape index (κ3) is 5.36. The van der Waals surface area contributed by atoms with E-state index in [9.17, 15) is 4.79 Å². The minimum Gasteiger partial charge on any atom is -0.367 e. The predicted molar refractivity (Wildman–Crippen MR) is 73.3 cm³/mol. The Morgan fingerprint density at radius 3 is 2.61 bits per heavy atom. The predicted octanol–water partition coefficient (Wildman–Crippen LogP) is 1.97. The summed E-state index contributed by atoms with van der Waals surface area (Å²) < 4.78 is 5.56. The van der Waals surface area contributed by atoms with Crippen molar-refractivity contribution in [1.29, 1.82) is 0 Å². The van der Waals surface area contributed by atoms with E-state index in [0.29, 0.717) is 12.6 Å². The lowest BCUT2D eigenvalue weighted by molar-refractivity contribution is -0.133. The van der Waals surface area contributed by atoms with E-state index in [0.717, 1.165) is 19.3 Å². The van der Waals surface area contributed by atoms with Crippen LogP contribution in [0.25, 0.3) is 0 Å². The van der Waals surface area contributed by atoms with Gasteiger partial charge in [-0.3, -0.25) is 4.79 Å². The molecule has 2 atom stereocenters. The molecule has 1 amide bonds. The summed E-state index contributed by atoms with van der Waals surface area (Å²) in [5.41, 5.74) is 5.64. The van der Waals surface area contributed by atoms with Gasteiger partial charge in [0.2, 0.25) is 5.91 Å². The zero-order chi connectivity index (χ0) is 13.6. The van der Waals surface area contributed by atoms with Gasteiger partial charge in [0, 0.05) is 11.6 Å². The van der Waals surface area contributed by atoms with Gasteiger partial charge in [0.05, 0.1) is 6.61 Å². The molecule has 18 heavy (non-hydrogen) atoms. The molecular weight excluding hydrogens is 228 g/mol. The van der Waals surface area contributed by atoms with Gasteiger partial charge < -0.3 is 15.8 Å². The summed E-state index contributed by atoms with van der Waals surface area (Å²) >= 11 is 0. The zero-order valence-electron chi connectivity index (χ0n) is 12.0. The molecule has 3 N–H and O–H groups in total. The van der Waals surface area contributed by atoms with Crippen LogP contribution in [0.1, 0.15) is 59.3 Å². The van der Waals surface area contributed by atoms with Crippen LogP contribution >= 0.6 is 0 Å². The van der Waals surface area contributed by atoms with E-state index in [1.54, 1.807) is 6.92 Å². The maximum atomic E-state index is 11.9. The molecule has 2 unspecified atom stereocenters. The van der Waals surface area contributed by atoms with Crippen LogP contribution in [0.5, 0.6) is 0 Å². The van der Waals surface area contributed by atoms with Crippen molar-refractivity contribution in [2.45, 2.75) is 77.0 Å². The van der Waals surface area contributed by atoms with Crippen LogP contribution in [0, 0.1) is 0 Å². The number of nitrogens with one attached hydrogen (secondary N) is 1. The van der Waals surface area contributed by atoms with Crippen molar-refractivity contribution < 1.29 is 9.53 Å². The summed E-state index contributed by atoms with van der Waals surface area (Å²) in [6.07, 6.45) is 6.35. The van der Waals surface area contributed by atoms with Crippen LogP contribution in [-0.2, 0) is 9.53 Å². The maximum Gasteiger partial charge on any atom is 0.249 e. The van der Waals surface area contributed by atoms with E-state index in [1.807, 2.05) is 13.8 Å². The first kappa shape index (κ1) is 15.4. The fourth-order valence-corrected chi connectivity index (χ4v) is 2.06. The highest BCUT2D eigenvalue weighted by molar-refractivity contribution is 5.80. The summed E-state index contributed by atoms with van der Waals surface area (Å²) in [6, 6.07) is 0.340. The summed E-state index contributed by atoms with van der Waals surface area (Å²) in [5, 5.41) is 3.07. The monoisotopic (exact) mass is 256 g/mol. The topological polar surface area (TPSA) is 64.3 Å². The van der Waals surface area contributed by atoms with E-state index in [2.05, 4.69) is 5.32 Å². The smallest absolute Gasteiger partial charge is 0.249 e. The maximum absolute atomic E-state index is 11.9. The van der Waals surface area contributed by atoms with Crippen LogP contribution in [0.15, 0.2) is 0 Å². The Morgan fingerprint density at radius 2 is 2.06 bits per heavy atom. The number of amides is 1. The summed E-state index contributed by atoms with van der Waals surface area (Å²) in [6.45, 7) is 6.18. The average molecular weight is 256 g/mol. The highest BCUT2D eigenvalue weighted by Gasteiger charge is 2.23. The highest BCUT2D eigenvalue weighted by Crippen LogP contribution is 2.17. The molecule has 0 heterocycles. The minimum absolute atomic E-state index is 0.00574. The van der Waals surface area contributed by atoms with Crippen molar-refractivity contribution in [2.24, 2.45) is 5.73 Å². The molecule has 0 radical (unpaired) electrons. The van der Waals surface area contributed by atoms with Gasteiger partial charge in [0.25, 0.3) is 0 Å². The first-order valence-corrected chi connectivity index (χ1v) is 7.15. The molecule has 0 aliphatic heterocycles. The van der Waals surface area contributed by atoms with Crippen LogP contribution < -0.4 is 11.1 Å². The van der Waals surface area contributed by atoms with Crippen molar-refractivity contribution in [3.8, 4) is 0 Å². The first-order chi connectivity index (χ1) is 8.44. The first-order valence-electron chi connectivity index (χ1n) is 7.15. The average Bonchev–Trinajstić information content (AvgIpc) is 2.37. The Bertz CT molecular complexity index is 261. The lowest BCUT2D eigenvalue weighted by Crippen LogP contribution is -2.46. The van der Waals surface area contributed by atoms with E-state index in [1.165, 1.54) is 19.3 Å². The van der Waals surface area contributed by atoms with Gasteiger partial charge in [0.1, 0.15) is 6.10 Å². The second kappa shape index (κ2) is 7.10. The molecule has 0 spiro atoms. The number of carbonyl (C=O) groups is 1. The molecule has 0 saturated heterocycles. The quantitative estimate of drug-likeness (QED) is 0.763. The Hall–Kier alpha value is -0.610. The summed E-state index contributed by atoms with van der Waals surface area (Å²) in [4.78, 5) is 11.9. The van der Waals surface area contributed by atoms with Gasteiger partial charge >= 0.3 is 0 Å². The van der Waals surface area contributed by atoms with Crippen LogP contribution in [0.2, 0.25) is 0 Å². The molecule has 1 rings (SSSR count). The standard InChI is InChI=1S/C14H28N2O2/c1-4-14(3,15)10-18-11(2)13(17)16-12-8-6-5-7-9-12/h11-12H,4-10,15H2,1-3H3,(H,16,17). The fraction of sp³-hybridized carbons (Fsp3) is 0.929. The van der Waals surface area contributed by atoms with Crippen LogP contribution in [0.3, 0.4) is 0 Å². The number of rotatable bonds is 6. The molecule has 0 aromatic heterocycles. The lowest BCUT2D eigenvalue weighted by atomic mass is 9.95. The Labute approximate surface area is 111 Å². The van der Waals surface area contributed by atoms with Crippen molar-refractivity contribution in [1.82, 2.24) is 5.32 Å². The van der Waals surface area contributed by atoms with Crippen molar-refractivity contribution in [3.63, 3.8) is 0 Å². The van der Waals surface area contributed by atoms with Gasteiger partial charge in [-0.25, -0.2) is 0 Å². The second-order valence-electron chi connectivity index (χ2n) is 5.80. The van der Waals surface area contributed by atoms with Crippen molar-refractivity contribution in [2.75, 3.05) is 6.61 Å². The molecule has 1 fully saturated rings. The number of carbonyl (C=O) groups excluding carboxylic acids is 1. The molecule has 0 bridgehead atoms. The van der Waals surface area contributed by atoms with Gasteiger partial charge in [0.15, 0.2) is 0 Å². The lowest BCUT2D eigenvalue weighted by Gasteiger charge is -2.27. The summed E-state index contributed by atoms with van der Waals surface area (Å²) in [7, 11) is 0. The van der Waals surface area contributed by atoms with Gasteiger partial charge in [-0.2, -0.15) is 0 Å². The fourth-order valence-electron chi connectivity index (χ4n) is 2.06. The normalized spacial score (nSPS) is 22.2. The van der Waals surface area contributed by atoms with E-state index in [4.69, 9.17) is 10.5 Å². The molecule has 0 aromatic rings. The number of hydrogen-bond donors (Lipinski definition) is 2. The highest BCUT2D eigenvalue weighted by atomic mass is 16.5. The largest absolute Gasteiger partial charge is 0.367 e. The molecule has 0 aromatic carbocycles. The molecule has 1 aliphatic carbocycles.